The maximum absolute atomic E-state index is 13.2. The Hall–Kier alpha value is -2.95. The number of rotatable bonds is 5. The molecule has 0 aliphatic heterocycles. The van der Waals surface area contributed by atoms with E-state index in [2.05, 4.69) is 10.4 Å². The summed E-state index contributed by atoms with van der Waals surface area (Å²) < 4.78 is 14.9. The summed E-state index contributed by atoms with van der Waals surface area (Å²) in [5.74, 6) is -0.483. The highest BCUT2D eigenvalue weighted by Gasteiger charge is 2.19. The number of benzene rings is 2. The number of hydrogen-bond acceptors (Lipinski definition) is 2. The Labute approximate surface area is 152 Å². The van der Waals surface area contributed by atoms with Crippen LogP contribution in [0.2, 0.25) is 0 Å². The van der Waals surface area contributed by atoms with Gasteiger partial charge in [0.25, 0.3) is 5.91 Å². The molecule has 2 aromatic carbocycles. The predicted molar refractivity (Wildman–Crippen MR) is 101 cm³/mol. The van der Waals surface area contributed by atoms with Gasteiger partial charge in [-0.1, -0.05) is 19.1 Å². The lowest BCUT2D eigenvalue weighted by Gasteiger charge is -2.12. The zero-order valence-corrected chi connectivity index (χ0v) is 15.2. The van der Waals surface area contributed by atoms with Gasteiger partial charge in [-0.25, -0.2) is 9.07 Å². The van der Waals surface area contributed by atoms with E-state index in [1.807, 2.05) is 45.0 Å². The van der Waals surface area contributed by atoms with Crippen LogP contribution in [0.3, 0.4) is 0 Å². The predicted octanol–water partition coefficient (Wildman–Crippen LogP) is 4.52. The van der Waals surface area contributed by atoms with Crippen LogP contribution in [0.1, 0.15) is 36.3 Å². The van der Waals surface area contributed by atoms with Crippen molar-refractivity contribution >= 4 is 5.91 Å². The van der Waals surface area contributed by atoms with Crippen molar-refractivity contribution in [1.82, 2.24) is 15.1 Å². The van der Waals surface area contributed by atoms with E-state index in [-0.39, 0.29) is 17.8 Å². The fourth-order valence-electron chi connectivity index (χ4n) is 2.66. The second-order valence-corrected chi connectivity index (χ2v) is 6.46. The minimum absolute atomic E-state index is 0.0673. The first-order chi connectivity index (χ1) is 12.5. The van der Waals surface area contributed by atoms with E-state index in [9.17, 15) is 9.18 Å². The molecule has 1 unspecified atom stereocenters. The second kappa shape index (κ2) is 7.52. The summed E-state index contributed by atoms with van der Waals surface area (Å²) in [6.07, 6.45) is 0.842. The second-order valence-electron chi connectivity index (χ2n) is 6.46. The summed E-state index contributed by atoms with van der Waals surface area (Å²) in [6, 6.07) is 15.7. The number of amides is 1. The van der Waals surface area contributed by atoms with Crippen molar-refractivity contribution in [3.8, 4) is 16.9 Å². The van der Waals surface area contributed by atoms with Crippen LogP contribution < -0.4 is 5.32 Å². The highest BCUT2D eigenvalue weighted by molar-refractivity contribution is 5.94. The van der Waals surface area contributed by atoms with E-state index in [0.29, 0.717) is 11.4 Å². The summed E-state index contributed by atoms with van der Waals surface area (Å²) in [7, 11) is 0. The van der Waals surface area contributed by atoms with Gasteiger partial charge in [0.15, 0.2) is 0 Å². The van der Waals surface area contributed by atoms with Gasteiger partial charge in [-0.2, -0.15) is 5.10 Å². The van der Waals surface area contributed by atoms with Crippen LogP contribution in [-0.4, -0.2) is 21.7 Å². The Balaban J connectivity index is 2.08. The first kappa shape index (κ1) is 17.9. The van der Waals surface area contributed by atoms with Crippen molar-refractivity contribution in [1.29, 1.82) is 0 Å². The molecule has 0 saturated carbocycles. The monoisotopic (exact) mass is 351 g/mol. The van der Waals surface area contributed by atoms with E-state index in [1.165, 1.54) is 12.1 Å². The van der Waals surface area contributed by atoms with Gasteiger partial charge in [0.05, 0.1) is 11.4 Å². The van der Waals surface area contributed by atoms with Crippen LogP contribution in [0.4, 0.5) is 4.39 Å². The normalized spacial score (nSPS) is 12.0. The van der Waals surface area contributed by atoms with Crippen molar-refractivity contribution < 1.29 is 9.18 Å². The average Bonchev–Trinajstić information content (AvgIpc) is 3.07. The van der Waals surface area contributed by atoms with Crippen molar-refractivity contribution in [3.05, 3.63) is 71.7 Å². The molecule has 134 valence electrons. The number of hydrogen-bond donors (Lipinski definition) is 1. The van der Waals surface area contributed by atoms with E-state index in [0.717, 1.165) is 23.2 Å². The molecule has 5 heteroatoms. The fourth-order valence-corrected chi connectivity index (χ4v) is 2.66. The third kappa shape index (κ3) is 3.82. The molecule has 1 aromatic heterocycles. The highest BCUT2D eigenvalue weighted by atomic mass is 19.1. The number of carbonyl (C=O) groups is 1. The van der Waals surface area contributed by atoms with Crippen molar-refractivity contribution in [3.63, 3.8) is 0 Å². The lowest BCUT2D eigenvalue weighted by molar-refractivity contribution is 0.0931. The van der Waals surface area contributed by atoms with Gasteiger partial charge in [0, 0.05) is 11.6 Å². The number of carbonyl (C=O) groups excluding carboxylic acids is 1. The van der Waals surface area contributed by atoms with Gasteiger partial charge in [-0.05, 0) is 68.3 Å². The SMILES string of the molecule is CCC(C)NC(=O)c1cc(-c2ccc(F)cc2)nn1-c1cccc(C)c1. The zero-order valence-electron chi connectivity index (χ0n) is 15.2. The minimum Gasteiger partial charge on any atom is -0.348 e. The first-order valence-electron chi connectivity index (χ1n) is 8.72. The van der Waals surface area contributed by atoms with Gasteiger partial charge in [0.1, 0.15) is 11.5 Å². The summed E-state index contributed by atoms with van der Waals surface area (Å²) >= 11 is 0. The minimum atomic E-state index is -0.304. The number of aryl methyl sites for hydroxylation is 1. The smallest absolute Gasteiger partial charge is 0.270 e. The molecule has 0 fully saturated rings. The van der Waals surface area contributed by atoms with Crippen LogP contribution in [0, 0.1) is 12.7 Å². The fraction of sp³-hybridized carbons (Fsp3) is 0.238. The van der Waals surface area contributed by atoms with Gasteiger partial charge < -0.3 is 5.32 Å². The molecular formula is C21H22FN3O. The summed E-state index contributed by atoms with van der Waals surface area (Å²) in [5, 5.41) is 7.59. The number of nitrogens with one attached hydrogen (secondary N) is 1. The quantitative estimate of drug-likeness (QED) is 0.735. The van der Waals surface area contributed by atoms with Crippen LogP contribution in [0.25, 0.3) is 16.9 Å². The summed E-state index contributed by atoms with van der Waals surface area (Å²) in [5.41, 5.74) is 3.73. The molecule has 0 aliphatic carbocycles. The largest absolute Gasteiger partial charge is 0.348 e. The van der Waals surface area contributed by atoms with Crippen molar-refractivity contribution in [2.24, 2.45) is 0 Å². The van der Waals surface area contributed by atoms with E-state index in [4.69, 9.17) is 0 Å². The van der Waals surface area contributed by atoms with Crippen molar-refractivity contribution in [2.45, 2.75) is 33.2 Å². The third-order valence-electron chi connectivity index (χ3n) is 4.32. The Morgan fingerprint density at radius 1 is 1.19 bits per heavy atom. The Morgan fingerprint density at radius 3 is 2.58 bits per heavy atom. The molecule has 1 heterocycles. The molecule has 3 rings (SSSR count). The zero-order chi connectivity index (χ0) is 18.7. The van der Waals surface area contributed by atoms with Gasteiger partial charge >= 0.3 is 0 Å². The molecule has 0 saturated heterocycles. The molecule has 1 N–H and O–H groups in total. The molecule has 1 atom stereocenters. The molecule has 0 spiro atoms. The topological polar surface area (TPSA) is 46.9 Å². The van der Waals surface area contributed by atoms with E-state index >= 15 is 0 Å². The molecular weight excluding hydrogens is 329 g/mol. The number of aromatic nitrogens is 2. The number of halogens is 1. The summed E-state index contributed by atoms with van der Waals surface area (Å²) in [6.45, 7) is 5.98. The molecule has 0 radical (unpaired) electrons. The number of nitrogens with zero attached hydrogens (tertiary/aromatic N) is 2. The highest BCUT2D eigenvalue weighted by Crippen LogP contribution is 2.23. The van der Waals surface area contributed by atoms with Crippen LogP contribution in [0.5, 0.6) is 0 Å². The lowest BCUT2D eigenvalue weighted by Crippen LogP contribution is -2.33. The van der Waals surface area contributed by atoms with Gasteiger partial charge in [-0.15, -0.1) is 0 Å². The molecule has 0 bridgehead atoms. The molecule has 1 amide bonds. The Morgan fingerprint density at radius 2 is 1.92 bits per heavy atom. The molecule has 3 aromatic rings. The van der Waals surface area contributed by atoms with E-state index < -0.39 is 0 Å². The van der Waals surface area contributed by atoms with Crippen LogP contribution >= 0.6 is 0 Å². The Bertz CT molecular complexity index is 915. The van der Waals surface area contributed by atoms with Gasteiger partial charge in [-0.3, -0.25) is 4.79 Å². The summed E-state index contributed by atoms with van der Waals surface area (Å²) in [4.78, 5) is 12.8. The molecule has 4 nitrogen and oxygen atoms in total. The lowest BCUT2D eigenvalue weighted by atomic mass is 10.1. The van der Waals surface area contributed by atoms with Crippen LogP contribution in [0.15, 0.2) is 54.6 Å². The van der Waals surface area contributed by atoms with Gasteiger partial charge in [0.2, 0.25) is 0 Å². The molecule has 0 aliphatic rings. The Kier molecular flexibility index (Phi) is 5.16. The third-order valence-corrected chi connectivity index (χ3v) is 4.32. The standard InChI is InChI=1S/C21H22FN3O/c1-4-15(3)23-21(26)20-13-19(16-8-10-17(22)11-9-16)24-25(20)18-7-5-6-14(2)12-18/h5-13,15H,4H2,1-3H3,(H,23,26). The maximum Gasteiger partial charge on any atom is 0.270 e. The maximum atomic E-state index is 13.2. The average molecular weight is 351 g/mol. The van der Waals surface area contributed by atoms with E-state index in [1.54, 1.807) is 22.9 Å². The van der Waals surface area contributed by atoms with Crippen molar-refractivity contribution in [2.75, 3.05) is 0 Å². The molecule has 26 heavy (non-hydrogen) atoms. The first-order valence-corrected chi connectivity index (χ1v) is 8.72. The van der Waals surface area contributed by atoms with Crippen LogP contribution in [-0.2, 0) is 0 Å².